The van der Waals surface area contributed by atoms with Gasteiger partial charge >= 0.3 is 12.1 Å². The molecule has 0 unspecified atom stereocenters. The van der Waals surface area contributed by atoms with E-state index in [-0.39, 0.29) is 13.2 Å². The van der Waals surface area contributed by atoms with E-state index >= 15 is 0 Å². The molecule has 4 rings (SSSR count). The van der Waals surface area contributed by atoms with Crippen LogP contribution in [-0.2, 0) is 16.0 Å². The molecule has 222 valence electrons. The Morgan fingerprint density at radius 3 is 2.55 bits per heavy atom. The van der Waals surface area contributed by atoms with Crippen LogP contribution in [0, 0.1) is 0 Å². The molecule has 4 aromatic rings. The topological polar surface area (TPSA) is 114 Å². The van der Waals surface area contributed by atoms with Crippen molar-refractivity contribution in [3.05, 3.63) is 66.1 Å². The number of carbonyl (C=O) groups is 2. The first-order valence-corrected chi connectivity index (χ1v) is 14.1. The Morgan fingerprint density at radius 2 is 1.83 bits per heavy atom. The van der Waals surface area contributed by atoms with Crippen LogP contribution < -0.4 is 14.8 Å². The summed E-state index contributed by atoms with van der Waals surface area (Å²) in [7, 11) is 1.55. The Hall–Kier alpha value is -4.60. The number of methoxy groups -OCH3 is 1. The fourth-order valence-electron chi connectivity index (χ4n) is 4.58. The second-order valence-electron chi connectivity index (χ2n) is 10.6. The summed E-state index contributed by atoms with van der Waals surface area (Å²) in [4.78, 5) is 34.7. The molecule has 0 aliphatic rings. The number of rotatable bonds is 11. The molecule has 1 amide bonds. The fraction of sp³-hybridized carbons (Fsp3) is 0.375. The monoisotopic (exact) mass is 574 g/mol. The Labute approximate surface area is 246 Å². The molecular formula is C32H38N4O6. The highest BCUT2D eigenvalue weighted by atomic mass is 16.6. The number of hydrogen-bond donors (Lipinski definition) is 1. The summed E-state index contributed by atoms with van der Waals surface area (Å²) < 4.78 is 24.5. The Bertz CT molecular complexity index is 1560. The lowest BCUT2D eigenvalue weighted by Gasteiger charge is -2.19. The molecule has 3 aromatic heterocycles. The number of ether oxygens (including phenoxy) is 4. The zero-order chi connectivity index (χ0) is 30.3. The molecule has 0 atom stereocenters. The van der Waals surface area contributed by atoms with Gasteiger partial charge in [0.25, 0.3) is 0 Å². The van der Waals surface area contributed by atoms with Crippen LogP contribution in [0.4, 0.5) is 10.6 Å². The van der Waals surface area contributed by atoms with Crippen LogP contribution in [-0.4, -0.2) is 52.5 Å². The molecule has 0 aliphatic heterocycles. The smallest absolute Gasteiger partial charge is 0.413 e. The highest BCUT2D eigenvalue weighted by molar-refractivity contribution is 6.09. The normalized spacial score (nSPS) is 11.3. The lowest BCUT2D eigenvalue weighted by molar-refractivity contribution is 0.0515. The first kappa shape index (κ1) is 30.4. The molecule has 0 radical (unpaired) electrons. The highest BCUT2D eigenvalue weighted by Crippen LogP contribution is 2.41. The van der Waals surface area contributed by atoms with Crippen molar-refractivity contribution in [2.24, 2.45) is 0 Å². The van der Waals surface area contributed by atoms with Crippen molar-refractivity contribution in [1.82, 2.24) is 14.5 Å². The van der Waals surface area contributed by atoms with Gasteiger partial charge in [-0.05, 0) is 82.1 Å². The standard InChI is InChI=1S/C32H38N4O6/c1-7-9-17-41-22-12-13-25-24(19-22)27(23-11-10-15-34-29(23)39-6)28(30(37)40-8-2)36(25)20-21-14-16-33-26(18-21)35-31(38)42-32(3,4)5/h10-16,18-19H,7-9,17,20H2,1-6H3,(H,33,35,38). The molecule has 0 spiro atoms. The third-order valence-corrected chi connectivity index (χ3v) is 6.30. The van der Waals surface area contributed by atoms with E-state index in [1.807, 2.05) is 34.9 Å². The van der Waals surface area contributed by atoms with E-state index in [9.17, 15) is 9.59 Å². The van der Waals surface area contributed by atoms with Gasteiger partial charge in [0.05, 0.1) is 20.3 Å². The number of aromatic nitrogens is 3. The van der Waals surface area contributed by atoms with Crippen LogP contribution >= 0.6 is 0 Å². The van der Waals surface area contributed by atoms with Gasteiger partial charge in [-0.25, -0.2) is 19.6 Å². The van der Waals surface area contributed by atoms with Crippen molar-refractivity contribution >= 4 is 28.8 Å². The predicted molar refractivity (Wildman–Crippen MR) is 161 cm³/mol. The summed E-state index contributed by atoms with van der Waals surface area (Å²) >= 11 is 0. The maximum Gasteiger partial charge on any atom is 0.413 e. The van der Waals surface area contributed by atoms with E-state index < -0.39 is 17.7 Å². The minimum Gasteiger partial charge on any atom is -0.494 e. The number of pyridine rings is 2. The first-order chi connectivity index (χ1) is 20.1. The molecule has 0 saturated carbocycles. The second kappa shape index (κ2) is 13.4. The predicted octanol–water partition coefficient (Wildman–Crippen LogP) is 6.86. The van der Waals surface area contributed by atoms with Crippen molar-refractivity contribution in [2.45, 2.75) is 59.6 Å². The van der Waals surface area contributed by atoms with Gasteiger partial charge in [-0.1, -0.05) is 13.3 Å². The number of amides is 1. The molecule has 1 N–H and O–H groups in total. The summed E-state index contributed by atoms with van der Waals surface area (Å²) in [6.45, 7) is 10.3. The molecule has 0 fully saturated rings. The third kappa shape index (κ3) is 7.18. The Kier molecular flexibility index (Phi) is 9.67. The maximum absolute atomic E-state index is 13.6. The van der Waals surface area contributed by atoms with Gasteiger partial charge in [0.15, 0.2) is 0 Å². The molecule has 3 heterocycles. The van der Waals surface area contributed by atoms with Crippen LogP contribution in [0.5, 0.6) is 11.6 Å². The molecule has 1 aromatic carbocycles. The first-order valence-electron chi connectivity index (χ1n) is 14.1. The molecule has 0 saturated heterocycles. The van der Waals surface area contributed by atoms with Crippen LogP contribution in [0.1, 0.15) is 63.5 Å². The van der Waals surface area contributed by atoms with Crippen LogP contribution in [0.3, 0.4) is 0 Å². The van der Waals surface area contributed by atoms with E-state index in [0.29, 0.717) is 40.9 Å². The Balaban J connectivity index is 1.87. The lowest BCUT2D eigenvalue weighted by atomic mass is 10.0. The number of unbranched alkanes of at least 4 members (excludes halogenated alkanes) is 1. The largest absolute Gasteiger partial charge is 0.494 e. The average Bonchev–Trinajstić information content (AvgIpc) is 3.25. The van der Waals surface area contributed by atoms with E-state index in [0.717, 1.165) is 29.3 Å². The number of anilines is 1. The molecule has 42 heavy (non-hydrogen) atoms. The second-order valence-corrected chi connectivity index (χ2v) is 10.6. The summed E-state index contributed by atoms with van der Waals surface area (Å²) in [5.74, 6) is 0.924. The summed E-state index contributed by atoms with van der Waals surface area (Å²) in [5.41, 5.74) is 2.58. The number of carbonyl (C=O) groups excluding carboxylic acids is 2. The number of fused-ring (bicyclic) bond motifs is 1. The lowest BCUT2D eigenvalue weighted by Crippen LogP contribution is -2.27. The van der Waals surface area contributed by atoms with E-state index in [2.05, 4.69) is 22.2 Å². The highest BCUT2D eigenvalue weighted by Gasteiger charge is 2.28. The van der Waals surface area contributed by atoms with Gasteiger partial charge in [-0.15, -0.1) is 0 Å². The van der Waals surface area contributed by atoms with Crippen LogP contribution in [0.2, 0.25) is 0 Å². The van der Waals surface area contributed by atoms with Gasteiger partial charge < -0.3 is 23.5 Å². The molecule has 0 aliphatic carbocycles. The summed E-state index contributed by atoms with van der Waals surface area (Å²) in [6, 6.07) is 13.0. The van der Waals surface area contributed by atoms with Crippen molar-refractivity contribution in [2.75, 3.05) is 25.6 Å². The minimum atomic E-state index is -0.650. The molecule has 0 bridgehead atoms. The van der Waals surface area contributed by atoms with Gasteiger partial charge in [0.2, 0.25) is 5.88 Å². The SMILES string of the molecule is CCCCOc1ccc2c(c1)c(-c1cccnc1OC)c(C(=O)OCC)n2Cc1ccnc(NC(=O)OC(C)(C)C)c1. The third-order valence-electron chi connectivity index (χ3n) is 6.30. The number of nitrogens with one attached hydrogen (secondary N) is 1. The number of hydrogen-bond acceptors (Lipinski definition) is 8. The van der Waals surface area contributed by atoms with Gasteiger partial charge in [0, 0.05) is 41.0 Å². The van der Waals surface area contributed by atoms with Crippen molar-refractivity contribution in [3.8, 4) is 22.8 Å². The van der Waals surface area contributed by atoms with Gasteiger partial charge in [-0.2, -0.15) is 0 Å². The van der Waals surface area contributed by atoms with Crippen molar-refractivity contribution < 1.29 is 28.5 Å². The molecular weight excluding hydrogens is 536 g/mol. The summed E-state index contributed by atoms with van der Waals surface area (Å²) in [6.07, 6.45) is 4.58. The van der Waals surface area contributed by atoms with Gasteiger partial charge in [0.1, 0.15) is 22.9 Å². The average molecular weight is 575 g/mol. The summed E-state index contributed by atoms with van der Waals surface area (Å²) in [5, 5.41) is 3.47. The fourth-order valence-corrected chi connectivity index (χ4v) is 4.58. The number of nitrogens with zero attached hydrogens (tertiary/aromatic N) is 3. The number of benzene rings is 1. The van der Waals surface area contributed by atoms with E-state index in [1.54, 1.807) is 59.3 Å². The molecule has 10 nitrogen and oxygen atoms in total. The van der Waals surface area contributed by atoms with Crippen LogP contribution in [0.15, 0.2) is 54.9 Å². The van der Waals surface area contributed by atoms with Crippen molar-refractivity contribution in [3.63, 3.8) is 0 Å². The number of esters is 1. The molecule has 10 heteroatoms. The quantitative estimate of drug-likeness (QED) is 0.153. The van der Waals surface area contributed by atoms with Crippen LogP contribution in [0.25, 0.3) is 22.0 Å². The van der Waals surface area contributed by atoms with E-state index in [1.165, 1.54) is 0 Å². The zero-order valence-electron chi connectivity index (χ0n) is 25.0. The minimum absolute atomic E-state index is 0.203. The zero-order valence-corrected chi connectivity index (χ0v) is 25.0. The van der Waals surface area contributed by atoms with Crippen molar-refractivity contribution in [1.29, 1.82) is 0 Å². The van der Waals surface area contributed by atoms with E-state index in [4.69, 9.17) is 18.9 Å². The Morgan fingerprint density at radius 1 is 1.02 bits per heavy atom. The van der Waals surface area contributed by atoms with Gasteiger partial charge in [-0.3, -0.25) is 5.32 Å². The maximum atomic E-state index is 13.6.